The van der Waals surface area contributed by atoms with Gasteiger partial charge in [0, 0.05) is 12.4 Å². The molecule has 0 radical (unpaired) electrons. The van der Waals surface area contributed by atoms with E-state index in [0.717, 1.165) is 23.2 Å². The van der Waals surface area contributed by atoms with Crippen molar-refractivity contribution in [2.45, 2.75) is 38.8 Å². The van der Waals surface area contributed by atoms with Gasteiger partial charge in [-0.05, 0) is 25.5 Å². The number of para-hydroxylation sites is 1. The van der Waals surface area contributed by atoms with E-state index in [4.69, 9.17) is 10.2 Å². The SMILES string of the molecule is CCC[C@@H](N)C(=O)N(C)C(C)c1cc2ccccc2o1. The van der Waals surface area contributed by atoms with Gasteiger partial charge in [0.15, 0.2) is 0 Å². The zero-order chi connectivity index (χ0) is 14.7. The fourth-order valence-corrected chi connectivity index (χ4v) is 2.29. The van der Waals surface area contributed by atoms with Crippen molar-refractivity contribution in [3.63, 3.8) is 0 Å². The molecule has 1 heterocycles. The number of hydrogen-bond donors (Lipinski definition) is 1. The van der Waals surface area contributed by atoms with Crippen molar-refractivity contribution in [3.8, 4) is 0 Å². The third kappa shape index (κ3) is 2.85. The smallest absolute Gasteiger partial charge is 0.239 e. The van der Waals surface area contributed by atoms with E-state index >= 15 is 0 Å². The van der Waals surface area contributed by atoms with Gasteiger partial charge in [0.25, 0.3) is 0 Å². The average Bonchev–Trinajstić information content (AvgIpc) is 2.89. The number of amides is 1. The monoisotopic (exact) mass is 274 g/mol. The van der Waals surface area contributed by atoms with Crippen LogP contribution >= 0.6 is 0 Å². The number of furan rings is 1. The first-order valence-electron chi connectivity index (χ1n) is 7.05. The summed E-state index contributed by atoms with van der Waals surface area (Å²) in [5.41, 5.74) is 6.74. The minimum Gasteiger partial charge on any atom is -0.459 e. The zero-order valence-electron chi connectivity index (χ0n) is 12.3. The van der Waals surface area contributed by atoms with Crippen LogP contribution in [-0.4, -0.2) is 23.9 Å². The number of hydrogen-bond acceptors (Lipinski definition) is 3. The highest BCUT2D eigenvalue weighted by Crippen LogP contribution is 2.26. The Morgan fingerprint density at radius 1 is 1.40 bits per heavy atom. The Labute approximate surface area is 119 Å². The molecule has 0 aliphatic rings. The van der Waals surface area contributed by atoms with Crippen LogP contribution in [-0.2, 0) is 4.79 Å². The minimum absolute atomic E-state index is 0.0418. The minimum atomic E-state index is -0.433. The lowest BCUT2D eigenvalue weighted by Gasteiger charge is -2.26. The first-order chi connectivity index (χ1) is 9.54. The molecule has 108 valence electrons. The van der Waals surface area contributed by atoms with Gasteiger partial charge in [-0.15, -0.1) is 0 Å². The van der Waals surface area contributed by atoms with Gasteiger partial charge >= 0.3 is 0 Å². The Bertz CT molecular complexity index is 558. The molecule has 4 nitrogen and oxygen atoms in total. The first kappa shape index (κ1) is 14.6. The number of carbonyl (C=O) groups excluding carboxylic acids is 1. The van der Waals surface area contributed by atoms with E-state index in [0.29, 0.717) is 6.42 Å². The number of fused-ring (bicyclic) bond motifs is 1. The predicted molar refractivity (Wildman–Crippen MR) is 80.3 cm³/mol. The third-order valence-corrected chi connectivity index (χ3v) is 3.70. The highest BCUT2D eigenvalue weighted by molar-refractivity contribution is 5.82. The molecule has 4 heteroatoms. The van der Waals surface area contributed by atoms with E-state index in [1.54, 1.807) is 11.9 Å². The molecule has 1 aromatic heterocycles. The van der Waals surface area contributed by atoms with Gasteiger partial charge in [-0.2, -0.15) is 0 Å². The van der Waals surface area contributed by atoms with Crippen molar-refractivity contribution in [1.29, 1.82) is 0 Å². The summed E-state index contributed by atoms with van der Waals surface area (Å²) in [5, 5.41) is 1.05. The van der Waals surface area contributed by atoms with Gasteiger partial charge in [-0.1, -0.05) is 31.5 Å². The summed E-state index contributed by atoms with van der Waals surface area (Å²) in [6.07, 6.45) is 1.61. The molecule has 0 fully saturated rings. The Balaban J connectivity index is 2.17. The van der Waals surface area contributed by atoms with Gasteiger partial charge in [0.1, 0.15) is 11.3 Å². The third-order valence-electron chi connectivity index (χ3n) is 3.70. The second-order valence-electron chi connectivity index (χ2n) is 5.21. The number of nitrogens with zero attached hydrogens (tertiary/aromatic N) is 1. The Morgan fingerprint density at radius 2 is 2.10 bits per heavy atom. The van der Waals surface area contributed by atoms with Crippen molar-refractivity contribution in [3.05, 3.63) is 36.1 Å². The van der Waals surface area contributed by atoms with E-state index in [2.05, 4.69) is 0 Å². The fraction of sp³-hybridized carbons (Fsp3) is 0.438. The van der Waals surface area contributed by atoms with Crippen LogP contribution in [0.4, 0.5) is 0 Å². The maximum Gasteiger partial charge on any atom is 0.239 e. The van der Waals surface area contributed by atoms with Gasteiger partial charge in [0.05, 0.1) is 12.1 Å². The summed E-state index contributed by atoms with van der Waals surface area (Å²) in [6.45, 7) is 3.98. The molecule has 0 bridgehead atoms. The lowest BCUT2D eigenvalue weighted by atomic mass is 10.1. The Kier molecular flexibility index (Phi) is 4.45. The highest BCUT2D eigenvalue weighted by Gasteiger charge is 2.24. The fourth-order valence-electron chi connectivity index (χ4n) is 2.29. The van der Waals surface area contributed by atoms with Gasteiger partial charge in [-0.25, -0.2) is 0 Å². The molecule has 1 unspecified atom stereocenters. The molecular formula is C16H22N2O2. The normalized spacial score (nSPS) is 14.2. The van der Waals surface area contributed by atoms with Gasteiger partial charge in [0.2, 0.25) is 5.91 Å². The van der Waals surface area contributed by atoms with Crippen molar-refractivity contribution in [2.75, 3.05) is 7.05 Å². The number of carbonyl (C=O) groups is 1. The Morgan fingerprint density at radius 3 is 2.75 bits per heavy atom. The molecule has 0 spiro atoms. The van der Waals surface area contributed by atoms with Crippen molar-refractivity contribution in [2.24, 2.45) is 5.73 Å². The van der Waals surface area contributed by atoms with Crippen LogP contribution in [0, 0.1) is 0 Å². The summed E-state index contributed by atoms with van der Waals surface area (Å²) < 4.78 is 5.81. The second kappa shape index (κ2) is 6.09. The molecule has 0 aliphatic carbocycles. The van der Waals surface area contributed by atoms with Crippen LogP contribution in [0.3, 0.4) is 0 Å². The van der Waals surface area contributed by atoms with E-state index in [9.17, 15) is 4.79 Å². The van der Waals surface area contributed by atoms with Crippen LogP contribution in [0.25, 0.3) is 11.0 Å². The van der Waals surface area contributed by atoms with Crippen LogP contribution in [0.5, 0.6) is 0 Å². The molecule has 1 aromatic carbocycles. The molecule has 2 aromatic rings. The van der Waals surface area contributed by atoms with E-state index in [1.807, 2.05) is 44.2 Å². The average molecular weight is 274 g/mol. The van der Waals surface area contributed by atoms with Gasteiger partial charge < -0.3 is 15.1 Å². The largest absolute Gasteiger partial charge is 0.459 e. The first-order valence-corrected chi connectivity index (χ1v) is 7.05. The van der Waals surface area contributed by atoms with Crippen LogP contribution < -0.4 is 5.73 Å². The van der Waals surface area contributed by atoms with E-state index in [1.165, 1.54) is 0 Å². The molecule has 2 atom stereocenters. The number of benzene rings is 1. The zero-order valence-corrected chi connectivity index (χ0v) is 12.3. The second-order valence-corrected chi connectivity index (χ2v) is 5.21. The highest BCUT2D eigenvalue weighted by atomic mass is 16.3. The van der Waals surface area contributed by atoms with Crippen molar-refractivity contribution in [1.82, 2.24) is 4.90 Å². The molecule has 0 saturated carbocycles. The summed E-state index contributed by atoms with van der Waals surface area (Å²) >= 11 is 0. The molecular weight excluding hydrogens is 252 g/mol. The van der Waals surface area contributed by atoms with Gasteiger partial charge in [-0.3, -0.25) is 4.79 Å². The maximum absolute atomic E-state index is 12.2. The summed E-state index contributed by atoms with van der Waals surface area (Å²) in [4.78, 5) is 13.9. The quantitative estimate of drug-likeness (QED) is 0.911. The summed E-state index contributed by atoms with van der Waals surface area (Å²) in [7, 11) is 1.77. The molecule has 2 N–H and O–H groups in total. The Hall–Kier alpha value is -1.81. The van der Waals surface area contributed by atoms with Crippen LogP contribution in [0.1, 0.15) is 38.5 Å². The van der Waals surface area contributed by atoms with Crippen LogP contribution in [0.15, 0.2) is 34.7 Å². The molecule has 0 saturated heterocycles. The topological polar surface area (TPSA) is 59.5 Å². The van der Waals surface area contributed by atoms with Crippen molar-refractivity contribution < 1.29 is 9.21 Å². The maximum atomic E-state index is 12.2. The van der Waals surface area contributed by atoms with E-state index in [-0.39, 0.29) is 11.9 Å². The van der Waals surface area contributed by atoms with Crippen molar-refractivity contribution >= 4 is 16.9 Å². The molecule has 2 rings (SSSR count). The lowest BCUT2D eigenvalue weighted by Crippen LogP contribution is -2.42. The standard InChI is InChI=1S/C16H22N2O2/c1-4-7-13(17)16(19)18(3)11(2)15-10-12-8-5-6-9-14(12)20-15/h5-6,8-11,13H,4,7,17H2,1-3H3/t11?,13-/m1/s1. The lowest BCUT2D eigenvalue weighted by molar-refractivity contribution is -0.133. The van der Waals surface area contributed by atoms with E-state index < -0.39 is 6.04 Å². The summed E-state index contributed by atoms with van der Waals surface area (Å²) in [5.74, 6) is 0.741. The predicted octanol–water partition coefficient (Wildman–Crippen LogP) is 3.08. The van der Waals surface area contributed by atoms with Crippen LogP contribution in [0.2, 0.25) is 0 Å². The molecule has 0 aliphatic heterocycles. The number of rotatable bonds is 5. The number of likely N-dealkylation sites (N-methyl/N-ethyl adjacent to an activating group) is 1. The molecule has 20 heavy (non-hydrogen) atoms. The number of nitrogens with two attached hydrogens (primary N) is 1. The summed E-state index contributed by atoms with van der Waals surface area (Å²) in [6, 6.07) is 9.25. The molecule has 1 amide bonds.